The van der Waals surface area contributed by atoms with E-state index in [0.717, 1.165) is 12.3 Å². The van der Waals surface area contributed by atoms with Crippen molar-refractivity contribution in [3.05, 3.63) is 23.9 Å². The Balaban J connectivity index is 3.99. The van der Waals surface area contributed by atoms with Crippen molar-refractivity contribution in [3.8, 4) is 0 Å². The van der Waals surface area contributed by atoms with Crippen LogP contribution in [0.5, 0.6) is 0 Å². The van der Waals surface area contributed by atoms with Crippen molar-refractivity contribution >= 4 is 6.29 Å². The van der Waals surface area contributed by atoms with Gasteiger partial charge in [0.05, 0.1) is 0 Å². The Kier molecular flexibility index (Phi) is 4.85. The Hall–Kier alpha value is -1.29. The van der Waals surface area contributed by atoms with Crippen LogP contribution in [0.2, 0.25) is 0 Å². The van der Waals surface area contributed by atoms with Crippen LogP contribution in [-0.4, -0.2) is 23.1 Å². The lowest BCUT2D eigenvalue weighted by Crippen LogP contribution is -1.93. The van der Waals surface area contributed by atoms with Crippen LogP contribution in [0, 0.1) is 0 Å². The summed E-state index contributed by atoms with van der Waals surface area (Å²) in [5.74, 6) is 0.0589. The van der Waals surface area contributed by atoms with Crippen LogP contribution in [-0.2, 0) is 9.53 Å². The van der Waals surface area contributed by atoms with Gasteiger partial charge in [0.1, 0.15) is 30.7 Å². The second-order valence-electron chi connectivity index (χ2n) is 1.80. The predicted octanol–water partition coefficient (Wildman–Crippen LogP) is 0.497. The second kappa shape index (κ2) is 5.49. The molecule has 0 rings (SSSR count). The monoisotopic (exact) mass is 158 g/mol. The van der Waals surface area contributed by atoms with Gasteiger partial charge >= 0.3 is 0 Å². The minimum Gasteiger partial charge on any atom is -0.509 e. The van der Waals surface area contributed by atoms with E-state index in [0.29, 0.717) is 6.29 Å². The molecule has 0 spiro atoms. The highest BCUT2D eigenvalue weighted by atomic mass is 16.5. The van der Waals surface area contributed by atoms with Gasteiger partial charge < -0.3 is 14.9 Å². The number of aldehydes is 1. The molecule has 0 bridgehead atoms. The van der Waals surface area contributed by atoms with Gasteiger partial charge in [0.25, 0.3) is 0 Å². The second-order valence-corrected chi connectivity index (χ2v) is 1.80. The van der Waals surface area contributed by atoms with E-state index in [1.54, 1.807) is 0 Å². The first-order valence-electron chi connectivity index (χ1n) is 2.98. The summed E-state index contributed by atoms with van der Waals surface area (Å²) in [5, 5.41) is 17.1. The van der Waals surface area contributed by atoms with Crippen molar-refractivity contribution in [1.82, 2.24) is 0 Å². The van der Waals surface area contributed by atoms with Gasteiger partial charge in [-0.25, -0.2) is 0 Å². The standard InChI is InChI=1S/C7H10O4/c1-6(10)5-11-7(4-9)2-3-8/h2-3,5,9-10H,4H2,1H3/b6-5+,7-2-. The van der Waals surface area contributed by atoms with Crippen LogP contribution in [0.3, 0.4) is 0 Å². The summed E-state index contributed by atoms with van der Waals surface area (Å²) >= 11 is 0. The number of hydrogen-bond donors (Lipinski definition) is 2. The van der Waals surface area contributed by atoms with Crippen molar-refractivity contribution < 1.29 is 19.7 Å². The molecule has 0 unspecified atom stereocenters. The highest BCUT2D eigenvalue weighted by Crippen LogP contribution is 1.97. The summed E-state index contributed by atoms with van der Waals surface area (Å²) in [6.45, 7) is 1.04. The minimum absolute atomic E-state index is 0.0322. The number of carbonyl (C=O) groups excluding carboxylic acids is 1. The Morgan fingerprint density at radius 3 is 2.64 bits per heavy atom. The molecular weight excluding hydrogens is 148 g/mol. The molecule has 0 aromatic heterocycles. The number of ether oxygens (including phenoxy) is 1. The number of hydrogen-bond acceptors (Lipinski definition) is 4. The molecule has 0 aliphatic carbocycles. The fraction of sp³-hybridized carbons (Fsp3) is 0.286. The van der Waals surface area contributed by atoms with Crippen LogP contribution in [0.1, 0.15) is 6.92 Å². The zero-order chi connectivity index (χ0) is 8.69. The highest BCUT2D eigenvalue weighted by molar-refractivity contribution is 5.65. The van der Waals surface area contributed by atoms with E-state index in [9.17, 15) is 4.79 Å². The summed E-state index contributed by atoms with van der Waals surface area (Å²) in [6, 6.07) is 0. The first kappa shape index (κ1) is 9.71. The van der Waals surface area contributed by atoms with Gasteiger partial charge in [-0.2, -0.15) is 0 Å². The largest absolute Gasteiger partial charge is 0.509 e. The highest BCUT2D eigenvalue weighted by Gasteiger charge is 1.92. The molecule has 0 saturated carbocycles. The van der Waals surface area contributed by atoms with Gasteiger partial charge in [-0.3, -0.25) is 4.79 Å². The summed E-state index contributed by atoms with van der Waals surface area (Å²) in [5.41, 5.74) is 0. The maximum absolute atomic E-state index is 9.87. The van der Waals surface area contributed by atoms with Crippen molar-refractivity contribution in [2.45, 2.75) is 6.92 Å². The molecule has 4 nitrogen and oxygen atoms in total. The molecule has 0 fully saturated rings. The van der Waals surface area contributed by atoms with Crippen LogP contribution in [0.25, 0.3) is 0 Å². The smallest absolute Gasteiger partial charge is 0.146 e. The third-order valence-electron chi connectivity index (χ3n) is 0.791. The molecule has 0 aliphatic rings. The molecule has 0 amide bonds. The fourth-order valence-corrected chi connectivity index (χ4v) is 0.366. The minimum atomic E-state index is -0.373. The molecule has 4 heteroatoms. The molecule has 0 aromatic carbocycles. The fourth-order valence-electron chi connectivity index (χ4n) is 0.366. The topological polar surface area (TPSA) is 66.8 Å². The van der Waals surface area contributed by atoms with E-state index in [1.165, 1.54) is 6.92 Å². The molecule has 0 saturated heterocycles. The van der Waals surface area contributed by atoms with Gasteiger partial charge in [0.2, 0.25) is 0 Å². The first-order valence-corrected chi connectivity index (χ1v) is 2.98. The van der Waals surface area contributed by atoms with Gasteiger partial charge in [0, 0.05) is 6.08 Å². The molecule has 0 aromatic rings. The average molecular weight is 158 g/mol. The molecule has 0 heterocycles. The Labute approximate surface area is 64.4 Å². The summed E-state index contributed by atoms with van der Waals surface area (Å²) in [6.07, 6.45) is 2.59. The van der Waals surface area contributed by atoms with E-state index in [1.807, 2.05) is 0 Å². The number of rotatable bonds is 4. The molecule has 0 radical (unpaired) electrons. The number of carbonyl (C=O) groups is 1. The zero-order valence-corrected chi connectivity index (χ0v) is 6.15. The van der Waals surface area contributed by atoms with Crippen molar-refractivity contribution in [2.75, 3.05) is 6.61 Å². The maximum atomic E-state index is 9.87. The quantitative estimate of drug-likeness (QED) is 0.355. The number of aliphatic hydroxyl groups is 2. The molecule has 2 N–H and O–H groups in total. The van der Waals surface area contributed by atoms with E-state index < -0.39 is 0 Å². The van der Waals surface area contributed by atoms with Crippen molar-refractivity contribution in [3.63, 3.8) is 0 Å². The number of aliphatic hydroxyl groups excluding tert-OH is 2. The normalized spacial score (nSPS) is 12.9. The lowest BCUT2D eigenvalue weighted by molar-refractivity contribution is -0.104. The van der Waals surface area contributed by atoms with Crippen LogP contribution in [0.4, 0.5) is 0 Å². The Morgan fingerprint density at radius 1 is 1.64 bits per heavy atom. The molecule has 0 atom stereocenters. The third-order valence-corrected chi connectivity index (χ3v) is 0.791. The van der Waals surface area contributed by atoms with E-state index >= 15 is 0 Å². The van der Waals surface area contributed by atoms with Gasteiger partial charge in [-0.1, -0.05) is 0 Å². The van der Waals surface area contributed by atoms with Gasteiger partial charge in [-0.15, -0.1) is 0 Å². The summed E-state index contributed by atoms with van der Waals surface area (Å²) in [4.78, 5) is 9.87. The maximum Gasteiger partial charge on any atom is 0.146 e. The number of allylic oxidation sites excluding steroid dienone is 2. The Morgan fingerprint density at radius 2 is 2.27 bits per heavy atom. The predicted molar refractivity (Wildman–Crippen MR) is 38.7 cm³/mol. The van der Waals surface area contributed by atoms with Crippen LogP contribution < -0.4 is 0 Å². The molecule has 11 heavy (non-hydrogen) atoms. The molecule has 0 aliphatic heterocycles. The van der Waals surface area contributed by atoms with Gasteiger partial charge in [-0.05, 0) is 6.92 Å². The lowest BCUT2D eigenvalue weighted by Gasteiger charge is -1.99. The lowest BCUT2D eigenvalue weighted by atomic mass is 10.5. The summed E-state index contributed by atoms with van der Waals surface area (Å²) < 4.78 is 4.66. The SMILES string of the molecule is C/C(O)=C\O/C(=C\C=O)CO. The van der Waals surface area contributed by atoms with Crippen LogP contribution >= 0.6 is 0 Å². The van der Waals surface area contributed by atoms with E-state index in [-0.39, 0.29) is 18.1 Å². The zero-order valence-electron chi connectivity index (χ0n) is 6.15. The van der Waals surface area contributed by atoms with Crippen molar-refractivity contribution in [1.29, 1.82) is 0 Å². The van der Waals surface area contributed by atoms with E-state index in [4.69, 9.17) is 10.2 Å². The Bertz CT molecular complexity index is 177. The van der Waals surface area contributed by atoms with Gasteiger partial charge in [0.15, 0.2) is 0 Å². The average Bonchev–Trinajstić information content (AvgIpc) is 1.97. The summed E-state index contributed by atoms with van der Waals surface area (Å²) in [7, 11) is 0. The van der Waals surface area contributed by atoms with Crippen molar-refractivity contribution in [2.24, 2.45) is 0 Å². The molecule has 62 valence electrons. The first-order chi connectivity index (χ1) is 5.20. The third kappa shape index (κ3) is 5.17. The van der Waals surface area contributed by atoms with E-state index in [2.05, 4.69) is 4.74 Å². The molecular formula is C7H10O4. The van der Waals surface area contributed by atoms with Crippen LogP contribution in [0.15, 0.2) is 23.9 Å².